The van der Waals surface area contributed by atoms with Gasteiger partial charge in [-0.25, -0.2) is 4.98 Å². The Labute approximate surface area is 112 Å². The Morgan fingerprint density at radius 3 is 2.53 bits per heavy atom. The molecule has 0 spiro atoms. The first-order valence-electron chi connectivity index (χ1n) is 6.45. The van der Waals surface area contributed by atoms with Crippen LogP contribution in [0.3, 0.4) is 0 Å². The maximum atomic E-state index is 5.45. The SMILES string of the molecule is CCOc1ccc(-c2ccn3ccc(C)c3n2)cc1. The van der Waals surface area contributed by atoms with Crippen molar-refractivity contribution in [1.82, 2.24) is 9.38 Å². The molecule has 3 rings (SSSR count). The Morgan fingerprint density at radius 1 is 1.05 bits per heavy atom. The first-order valence-corrected chi connectivity index (χ1v) is 6.45. The van der Waals surface area contributed by atoms with Crippen molar-refractivity contribution in [2.24, 2.45) is 0 Å². The predicted molar refractivity (Wildman–Crippen MR) is 76.5 cm³/mol. The molecular formula is C16H16N2O. The average molecular weight is 252 g/mol. The van der Waals surface area contributed by atoms with Crippen LogP contribution >= 0.6 is 0 Å². The molecule has 0 unspecified atom stereocenters. The molecule has 0 saturated carbocycles. The van der Waals surface area contributed by atoms with Gasteiger partial charge in [-0.05, 0) is 55.8 Å². The predicted octanol–water partition coefficient (Wildman–Crippen LogP) is 3.71. The van der Waals surface area contributed by atoms with E-state index in [1.54, 1.807) is 0 Å². The van der Waals surface area contributed by atoms with Gasteiger partial charge in [0.15, 0.2) is 0 Å². The molecule has 3 heteroatoms. The standard InChI is InChI=1S/C16H16N2O/c1-3-19-14-6-4-13(5-7-14)15-9-11-18-10-8-12(2)16(18)17-15/h4-11H,3H2,1-2H3. The summed E-state index contributed by atoms with van der Waals surface area (Å²) in [6.45, 7) is 4.75. The van der Waals surface area contributed by atoms with Gasteiger partial charge in [0.05, 0.1) is 12.3 Å². The highest BCUT2D eigenvalue weighted by Gasteiger charge is 2.04. The van der Waals surface area contributed by atoms with Crippen LogP contribution in [0.15, 0.2) is 48.8 Å². The molecule has 0 fully saturated rings. The molecule has 0 N–H and O–H groups in total. The van der Waals surface area contributed by atoms with E-state index in [4.69, 9.17) is 9.72 Å². The van der Waals surface area contributed by atoms with Gasteiger partial charge in [0.25, 0.3) is 0 Å². The maximum absolute atomic E-state index is 5.45. The van der Waals surface area contributed by atoms with E-state index in [9.17, 15) is 0 Å². The van der Waals surface area contributed by atoms with Crippen molar-refractivity contribution < 1.29 is 4.74 Å². The van der Waals surface area contributed by atoms with Crippen LogP contribution in [0.2, 0.25) is 0 Å². The molecular weight excluding hydrogens is 236 g/mol. The van der Waals surface area contributed by atoms with Crippen LogP contribution < -0.4 is 4.74 Å². The van der Waals surface area contributed by atoms with Crippen LogP contribution in [0.1, 0.15) is 12.5 Å². The Balaban J connectivity index is 2.00. The lowest BCUT2D eigenvalue weighted by Gasteiger charge is -2.05. The van der Waals surface area contributed by atoms with E-state index < -0.39 is 0 Å². The second-order valence-electron chi connectivity index (χ2n) is 4.50. The van der Waals surface area contributed by atoms with Gasteiger partial charge in [0, 0.05) is 18.0 Å². The number of hydrogen-bond acceptors (Lipinski definition) is 2. The summed E-state index contributed by atoms with van der Waals surface area (Å²) >= 11 is 0. The van der Waals surface area contributed by atoms with E-state index in [1.807, 2.05) is 54.0 Å². The normalized spacial score (nSPS) is 10.8. The van der Waals surface area contributed by atoms with Gasteiger partial charge < -0.3 is 9.14 Å². The second kappa shape index (κ2) is 4.76. The number of benzene rings is 1. The highest BCUT2D eigenvalue weighted by Crippen LogP contribution is 2.22. The van der Waals surface area contributed by atoms with Crippen molar-refractivity contribution in [3.05, 3.63) is 54.4 Å². The molecule has 3 nitrogen and oxygen atoms in total. The lowest BCUT2D eigenvalue weighted by molar-refractivity contribution is 0.340. The average Bonchev–Trinajstić information content (AvgIpc) is 2.81. The summed E-state index contributed by atoms with van der Waals surface area (Å²) in [5, 5.41) is 0. The molecule has 0 aliphatic heterocycles. The number of ether oxygens (including phenoxy) is 1. The summed E-state index contributed by atoms with van der Waals surface area (Å²) in [5.74, 6) is 0.895. The van der Waals surface area contributed by atoms with E-state index in [0.717, 1.165) is 22.7 Å². The second-order valence-corrected chi connectivity index (χ2v) is 4.50. The molecule has 0 amide bonds. The number of fused-ring (bicyclic) bond motifs is 1. The zero-order chi connectivity index (χ0) is 13.2. The lowest BCUT2D eigenvalue weighted by atomic mass is 10.1. The fourth-order valence-electron chi connectivity index (χ4n) is 2.16. The van der Waals surface area contributed by atoms with Crippen LogP contribution in [-0.4, -0.2) is 16.0 Å². The van der Waals surface area contributed by atoms with Crippen molar-refractivity contribution in [3.8, 4) is 17.0 Å². The zero-order valence-corrected chi connectivity index (χ0v) is 11.1. The third kappa shape index (κ3) is 2.19. The molecule has 0 aliphatic carbocycles. The van der Waals surface area contributed by atoms with Gasteiger partial charge in [0.1, 0.15) is 11.4 Å². The molecule has 0 aliphatic rings. The van der Waals surface area contributed by atoms with Crippen molar-refractivity contribution in [3.63, 3.8) is 0 Å². The Hall–Kier alpha value is -2.29. The minimum Gasteiger partial charge on any atom is -0.494 e. The maximum Gasteiger partial charge on any atom is 0.140 e. The molecule has 19 heavy (non-hydrogen) atoms. The zero-order valence-electron chi connectivity index (χ0n) is 11.1. The van der Waals surface area contributed by atoms with E-state index in [-0.39, 0.29) is 0 Å². The molecule has 96 valence electrons. The van der Waals surface area contributed by atoms with Crippen molar-refractivity contribution in [2.75, 3.05) is 6.61 Å². The molecule has 2 aromatic heterocycles. The van der Waals surface area contributed by atoms with E-state index in [0.29, 0.717) is 6.61 Å². The largest absolute Gasteiger partial charge is 0.494 e. The van der Waals surface area contributed by atoms with E-state index >= 15 is 0 Å². The van der Waals surface area contributed by atoms with Gasteiger partial charge in [-0.1, -0.05) is 0 Å². The minimum atomic E-state index is 0.687. The van der Waals surface area contributed by atoms with Gasteiger partial charge >= 0.3 is 0 Å². The molecule has 0 radical (unpaired) electrons. The highest BCUT2D eigenvalue weighted by atomic mass is 16.5. The molecule has 1 aromatic carbocycles. The van der Waals surface area contributed by atoms with Crippen molar-refractivity contribution in [2.45, 2.75) is 13.8 Å². The molecule has 0 bridgehead atoms. The van der Waals surface area contributed by atoms with Crippen LogP contribution in [-0.2, 0) is 0 Å². The number of rotatable bonds is 3. The number of aryl methyl sites for hydroxylation is 1. The monoisotopic (exact) mass is 252 g/mol. The fraction of sp³-hybridized carbons (Fsp3) is 0.188. The quantitative estimate of drug-likeness (QED) is 0.710. The number of aromatic nitrogens is 2. The first-order chi connectivity index (χ1) is 9.28. The summed E-state index contributed by atoms with van der Waals surface area (Å²) in [4.78, 5) is 4.70. The highest BCUT2D eigenvalue weighted by molar-refractivity contribution is 5.63. The molecule has 2 heterocycles. The van der Waals surface area contributed by atoms with Crippen LogP contribution in [0.4, 0.5) is 0 Å². The summed E-state index contributed by atoms with van der Waals surface area (Å²) in [6, 6.07) is 12.2. The van der Waals surface area contributed by atoms with Gasteiger partial charge in [-0.2, -0.15) is 0 Å². The Kier molecular flexibility index (Phi) is 2.95. The lowest BCUT2D eigenvalue weighted by Crippen LogP contribution is -1.92. The number of nitrogens with zero attached hydrogens (tertiary/aromatic N) is 2. The van der Waals surface area contributed by atoms with Crippen LogP contribution in [0, 0.1) is 6.92 Å². The smallest absolute Gasteiger partial charge is 0.140 e. The van der Waals surface area contributed by atoms with Gasteiger partial charge in [-0.15, -0.1) is 0 Å². The Morgan fingerprint density at radius 2 is 1.79 bits per heavy atom. The van der Waals surface area contributed by atoms with Crippen molar-refractivity contribution >= 4 is 5.65 Å². The summed E-state index contributed by atoms with van der Waals surface area (Å²) in [5.41, 5.74) is 4.28. The third-order valence-electron chi connectivity index (χ3n) is 3.16. The van der Waals surface area contributed by atoms with Gasteiger partial charge in [0.2, 0.25) is 0 Å². The van der Waals surface area contributed by atoms with Crippen molar-refractivity contribution in [1.29, 1.82) is 0 Å². The molecule has 0 saturated heterocycles. The van der Waals surface area contributed by atoms with Crippen LogP contribution in [0.25, 0.3) is 16.9 Å². The fourth-order valence-corrected chi connectivity index (χ4v) is 2.16. The number of hydrogen-bond donors (Lipinski definition) is 0. The topological polar surface area (TPSA) is 26.5 Å². The molecule has 0 atom stereocenters. The summed E-state index contributed by atoms with van der Waals surface area (Å²) < 4.78 is 7.48. The van der Waals surface area contributed by atoms with E-state index in [2.05, 4.69) is 13.0 Å². The first kappa shape index (κ1) is 11.8. The summed E-state index contributed by atoms with van der Waals surface area (Å²) in [6.07, 6.45) is 4.07. The Bertz CT molecular complexity index is 698. The van der Waals surface area contributed by atoms with E-state index in [1.165, 1.54) is 5.56 Å². The minimum absolute atomic E-state index is 0.687. The molecule has 3 aromatic rings. The van der Waals surface area contributed by atoms with Gasteiger partial charge in [-0.3, -0.25) is 0 Å². The summed E-state index contributed by atoms with van der Waals surface area (Å²) in [7, 11) is 0. The van der Waals surface area contributed by atoms with Crippen LogP contribution in [0.5, 0.6) is 5.75 Å². The third-order valence-corrected chi connectivity index (χ3v) is 3.16.